The van der Waals surface area contributed by atoms with Gasteiger partial charge in [0.15, 0.2) is 0 Å². The second kappa shape index (κ2) is 5.61. The van der Waals surface area contributed by atoms with E-state index in [1.165, 1.54) is 37.0 Å². The summed E-state index contributed by atoms with van der Waals surface area (Å²) < 4.78 is 0. The van der Waals surface area contributed by atoms with Gasteiger partial charge in [0, 0.05) is 24.9 Å². The first-order valence-electron chi connectivity index (χ1n) is 8.14. The Bertz CT molecular complexity index is 592. The van der Waals surface area contributed by atoms with Gasteiger partial charge in [-0.15, -0.1) is 10.2 Å². The van der Waals surface area contributed by atoms with Gasteiger partial charge in [-0.05, 0) is 25.7 Å². The highest BCUT2D eigenvalue weighted by atomic mass is 32.1. The van der Waals surface area contributed by atoms with Crippen LogP contribution < -0.4 is 5.32 Å². The highest BCUT2D eigenvalue weighted by Gasteiger charge is 2.39. The van der Waals surface area contributed by atoms with Crippen molar-refractivity contribution < 1.29 is 9.59 Å². The molecule has 22 heavy (non-hydrogen) atoms. The van der Waals surface area contributed by atoms with Gasteiger partial charge in [0.25, 0.3) is 0 Å². The summed E-state index contributed by atoms with van der Waals surface area (Å²) in [5.74, 6) is 0.339. The van der Waals surface area contributed by atoms with Crippen molar-refractivity contribution in [2.75, 3.05) is 11.9 Å². The third kappa shape index (κ3) is 2.74. The number of carbonyl (C=O) groups excluding carboxylic acids is 2. The normalized spacial score (nSPS) is 25.9. The standard InChI is InChI=1S/C15H20N4O2S/c20-12-7-10(8-19(12)11-3-1-2-4-11)13(21)16-15-18-17-14(22-15)9-5-6-9/h9-11H,1-8H2,(H,16,18,21)/t10-/m1/s1. The Labute approximate surface area is 133 Å². The Morgan fingerprint density at radius 1 is 1.18 bits per heavy atom. The maximum Gasteiger partial charge on any atom is 0.231 e. The molecule has 0 spiro atoms. The van der Waals surface area contributed by atoms with E-state index in [0.29, 0.717) is 30.1 Å². The molecule has 0 unspecified atom stereocenters. The van der Waals surface area contributed by atoms with E-state index in [4.69, 9.17) is 0 Å². The third-order valence-electron chi connectivity index (χ3n) is 4.89. The summed E-state index contributed by atoms with van der Waals surface area (Å²) in [5.41, 5.74) is 0. The fourth-order valence-electron chi connectivity index (χ4n) is 3.46. The van der Waals surface area contributed by atoms with Crippen LogP contribution >= 0.6 is 11.3 Å². The van der Waals surface area contributed by atoms with E-state index in [2.05, 4.69) is 15.5 Å². The van der Waals surface area contributed by atoms with E-state index in [1.807, 2.05) is 4.90 Å². The van der Waals surface area contributed by atoms with Crippen LogP contribution in [0.15, 0.2) is 0 Å². The lowest BCUT2D eigenvalue weighted by Crippen LogP contribution is -2.35. The molecule has 0 aromatic carbocycles. The van der Waals surface area contributed by atoms with Gasteiger partial charge in [0.1, 0.15) is 5.01 Å². The molecule has 1 aromatic rings. The van der Waals surface area contributed by atoms with E-state index >= 15 is 0 Å². The number of anilines is 1. The summed E-state index contributed by atoms with van der Waals surface area (Å²) in [6.07, 6.45) is 7.24. The average molecular weight is 320 g/mol. The monoisotopic (exact) mass is 320 g/mol. The van der Waals surface area contributed by atoms with Gasteiger partial charge < -0.3 is 10.2 Å². The number of likely N-dealkylation sites (tertiary alicyclic amines) is 1. The van der Waals surface area contributed by atoms with Crippen molar-refractivity contribution in [3.63, 3.8) is 0 Å². The van der Waals surface area contributed by atoms with Gasteiger partial charge >= 0.3 is 0 Å². The van der Waals surface area contributed by atoms with Crippen LogP contribution in [0.3, 0.4) is 0 Å². The summed E-state index contributed by atoms with van der Waals surface area (Å²) in [6.45, 7) is 0.559. The molecular weight excluding hydrogens is 300 g/mol. The summed E-state index contributed by atoms with van der Waals surface area (Å²) >= 11 is 1.46. The summed E-state index contributed by atoms with van der Waals surface area (Å²) in [4.78, 5) is 26.4. The molecule has 118 valence electrons. The zero-order valence-electron chi connectivity index (χ0n) is 12.5. The predicted octanol–water partition coefficient (Wildman–Crippen LogP) is 2.15. The van der Waals surface area contributed by atoms with Gasteiger partial charge in [-0.25, -0.2) is 0 Å². The van der Waals surface area contributed by atoms with E-state index in [-0.39, 0.29) is 17.7 Å². The molecule has 1 N–H and O–H groups in total. The number of hydrogen-bond donors (Lipinski definition) is 1. The largest absolute Gasteiger partial charge is 0.339 e. The Balaban J connectivity index is 1.36. The van der Waals surface area contributed by atoms with Crippen LogP contribution in [-0.2, 0) is 9.59 Å². The minimum Gasteiger partial charge on any atom is -0.339 e. The van der Waals surface area contributed by atoms with Gasteiger partial charge in [-0.1, -0.05) is 24.2 Å². The minimum atomic E-state index is -0.249. The molecule has 1 aliphatic heterocycles. The summed E-state index contributed by atoms with van der Waals surface area (Å²) in [5, 5.41) is 12.6. The molecular formula is C15H20N4O2S. The predicted molar refractivity (Wildman–Crippen MR) is 82.6 cm³/mol. The minimum absolute atomic E-state index is 0.0904. The maximum atomic E-state index is 12.4. The van der Waals surface area contributed by atoms with Crippen LogP contribution in [0.1, 0.15) is 55.9 Å². The third-order valence-corrected chi connectivity index (χ3v) is 5.89. The number of rotatable bonds is 4. The van der Waals surface area contributed by atoms with Crippen molar-refractivity contribution in [2.45, 2.75) is 56.9 Å². The first kappa shape index (κ1) is 14.1. The lowest BCUT2D eigenvalue weighted by Gasteiger charge is -2.23. The number of nitrogens with one attached hydrogen (secondary N) is 1. The van der Waals surface area contributed by atoms with Crippen molar-refractivity contribution in [3.05, 3.63) is 5.01 Å². The number of carbonyl (C=O) groups is 2. The molecule has 7 heteroatoms. The van der Waals surface area contributed by atoms with Crippen LogP contribution in [-0.4, -0.2) is 39.5 Å². The first-order chi connectivity index (χ1) is 10.7. The Morgan fingerprint density at radius 3 is 2.68 bits per heavy atom. The van der Waals surface area contributed by atoms with Crippen molar-refractivity contribution >= 4 is 28.3 Å². The van der Waals surface area contributed by atoms with Crippen LogP contribution in [0.25, 0.3) is 0 Å². The molecule has 4 rings (SSSR count). The SMILES string of the molecule is O=C(Nc1nnc(C2CC2)s1)[C@@H]1CC(=O)N(C2CCCC2)C1. The Hall–Kier alpha value is -1.50. The molecule has 2 heterocycles. The number of nitrogens with zero attached hydrogens (tertiary/aromatic N) is 3. The van der Waals surface area contributed by atoms with E-state index in [9.17, 15) is 9.59 Å². The number of aromatic nitrogens is 2. The lowest BCUT2D eigenvalue weighted by molar-refractivity contribution is -0.129. The number of amides is 2. The maximum absolute atomic E-state index is 12.4. The zero-order valence-corrected chi connectivity index (χ0v) is 13.3. The molecule has 0 bridgehead atoms. The second-order valence-corrected chi connectivity index (χ2v) is 7.60. The van der Waals surface area contributed by atoms with Crippen molar-refractivity contribution in [3.8, 4) is 0 Å². The smallest absolute Gasteiger partial charge is 0.231 e. The lowest BCUT2D eigenvalue weighted by atomic mass is 10.1. The fourth-order valence-corrected chi connectivity index (χ4v) is 4.38. The topological polar surface area (TPSA) is 75.2 Å². The first-order valence-corrected chi connectivity index (χ1v) is 8.96. The van der Waals surface area contributed by atoms with E-state index < -0.39 is 0 Å². The van der Waals surface area contributed by atoms with E-state index in [0.717, 1.165) is 17.8 Å². The molecule has 3 fully saturated rings. The van der Waals surface area contributed by atoms with Gasteiger partial charge in [-0.3, -0.25) is 9.59 Å². The molecule has 1 aromatic heterocycles. The van der Waals surface area contributed by atoms with Crippen molar-refractivity contribution in [1.82, 2.24) is 15.1 Å². The van der Waals surface area contributed by atoms with Crippen LogP contribution in [0.4, 0.5) is 5.13 Å². The highest BCUT2D eigenvalue weighted by Crippen LogP contribution is 2.42. The van der Waals surface area contributed by atoms with Crippen LogP contribution in [0.2, 0.25) is 0 Å². The van der Waals surface area contributed by atoms with E-state index in [1.54, 1.807) is 0 Å². The Morgan fingerprint density at radius 2 is 1.95 bits per heavy atom. The molecule has 3 aliphatic rings. The highest BCUT2D eigenvalue weighted by molar-refractivity contribution is 7.15. The molecule has 1 atom stereocenters. The molecule has 2 aliphatic carbocycles. The molecule has 2 saturated carbocycles. The van der Waals surface area contributed by atoms with Crippen molar-refractivity contribution in [2.24, 2.45) is 5.92 Å². The van der Waals surface area contributed by atoms with Crippen molar-refractivity contribution in [1.29, 1.82) is 0 Å². The summed E-state index contributed by atoms with van der Waals surface area (Å²) in [7, 11) is 0. The van der Waals surface area contributed by atoms with Crippen LogP contribution in [0, 0.1) is 5.92 Å². The fraction of sp³-hybridized carbons (Fsp3) is 0.733. The van der Waals surface area contributed by atoms with Gasteiger partial charge in [-0.2, -0.15) is 0 Å². The van der Waals surface area contributed by atoms with Gasteiger partial charge in [0.05, 0.1) is 5.92 Å². The molecule has 2 amide bonds. The molecule has 0 radical (unpaired) electrons. The van der Waals surface area contributed by atoms with Gasteiger partial charge in [0.2, 0.25) is 16.9 Å². The molecule has 6 nitrogen and oxygen atoms in total. The molecule has 1 saturated heterocycles. The average Bonchev–Trinajstić information content (AvgIpc) is 2.93. The zero-order chi connectivity index (χ0) is 15.1. The second-order valence-electron chi connectivity index (χ2n) is 6.59. The quantitative estimate of drug-likeness (QED) is 0.922. The van der Waals surface area contributed by atoms with Crippen LogP contribution in [0.5, 0.6) is 0 Å². The number of hydrogen-bond acceptors (Lipinski definition) is 5. The summed E-state index contributed by atoms with van der Waals surface area (Å²) in [6, 6.07) is 0.355. The Kier molecular flexibility index (Phi) is 3.60.